The predicted molar refractivity (Wildman–Crippen MR) is 140 cm³/mol. The summed E-state index contributed by atoms with van der Waals surface area (Å²) in [5, 5.41) is 19.3. The number of aliphatic hydroxyl groups is 1. The average molecular weight is 518 g/mol. The fraction of sp³-hybridized carbons (Fsp3) is 0.296. The van der Waals surface area contributed by atoms with E-state index in [0.717, 1.165) is 33.3 Å². The second-order valence-electron chi connectivity index (χ2n) is 9.47. The summed E-state index contributed by atoms with van der Waals surface area (Å²) in [5.41, 5.74) is 3.16. The summed E-state index contributed by atoms with van der Waals surface area (Å²) in [6.07, 6.45) is 1.69. The zero-order valence-electron chi connectivity index (χ0n) is 20.2. The minimum atomic E-state index is -0.545. The Morgan fingerprint density at radius 1 is 1.14 bits per heavy atom. The van der Waals surface area contributed by atoms with Crippen LogP contribution in [0.3, 0.4) is 0 Å². The molecule has 10 heteroatoms. The van der Waals surface area contributed by atoms with Crippen molar-refractivity contribution in [2.45, 2.75) is 41.8 Å². The van der Waals surface area contributed by atoms with Gasteiger partial charge >= 0.3 is 6.03 Å². The number of benzene rings is 2. The van der Waals surface area contributed by atoms with Gasteiger partial charge in [-0.05, 0) is 55.3 Å². The van der Waals surface area contributed by atoms with Crippen molar-refractivity contribution in [3.63, 3.8) is 0 Å². The molecule has 4 atom stereocenters. The lowest BCUT2D eigenvalue weighted by Gasteiger charge is -2.35. The number of carbonyl (C=O) groups is 2. The van der Waals surface area contributed by atoms with Crippen molar-refractivity contribution in [2.75, 3.05) is 18.0 Å². The molecule has 9 nitrogen and oxygen atoms in total. The monoisotopic (exact) mass is 517 g/mol. The van der Waals surface area contributed by atoms with Gasteiger partial charge in [-0.15, -0.1) is 0 Å². The van der Waals surface area contributed by atoms with Gasteiger partial charge in [-0.1, -0.05) is 30.0 Å². The smallest absolute Gasteiger partial charge is 0.327 e. The van der Waals surface area contributed by atoms with Gasteiger partial charge in [0.05, 0.1) is 23.5 Å². The lowest BCUT2D eigenvalue weighted by atomic mass is 9.98. The number of para-hydroxylation sites is 1. The van der Waals surface area contributed by atoms with Crippen LogP contribution in [-0.4, -0.2) is 52.5 Å². The summed E-state index contributed by atoms with van der Waals surface area (Å²) < 4.78 is 5.96. The molecule has 1 fully saturated rings. The van der Waals surface area contributed by atoms with Gasteiger partial charge in [-0.3, -0.25) is 9.69 Å². The summed E-state index contributed by atoms with van der Waals surface area (Å²) in [7, 11) is 0. The number of aromatic nitrogens is 1. The van der Waals surface area contributed by atoms with Crippen LogP contribution in [0.25, 0.3) is 0 Å². The van der Waals surface area contributed by atoms with E-state index in [0.29, 0.717) is 25.3 Å². The predicted octanol–water partition coefficient (Wildman–Crippen LogP) is 3.40. The Morgan fingerprint density at radius 2 is 1.97 bits per heavy atom. The van der Waals surface area contributed by atoms with Gasteiger partial charge in [0.25, 0.3) is 0 Å². The third-order valence-corrected chi connectivity index (χ3v) is 8.11. The van der Waals surface area contributed by atoms with Crippen molar-refractivity contribution in [2.24, 2.45) is 0 Å². The second kappa shape index (κ2) is 9.70. The Kier molecular flexibility index (Phi) is 6.23. The van der Waals surface area contributed by atoms with Crippen molar-refractivity contribution >= 4 is 35.1 Å². The van der Waals surface area contributed by atoms with Gasteiger partial charge in [0.15, 0.2) is 0 Å². The molecule has 2 aromatic carbocycles. The summed E-state index contributed by atoms with van der Waals surface area (Å²) in [5.74, 6) is 1.24. The molecule has 6 rings (SSSR count). The number of thioether (sulfide) groups is 1. The van der Waals surface area contributed by atoms with E-state index in [9.17, 15) is 14.7 Å². The van der Waals surface area contributed by atoms with Gasteiger partial charge < -0.3 is 25.8 Å². The number of piperidine rings is 1. The number of carbonyl (C=O) groups excluding carboxylic acids is 2. The second-order valence-corrected chi connectivity index (χ2v) is 10.6. The summed E-state index contributed by atoms with van der Waals surface area (Å²) in [6.45, 7) is 3.06. The van der Waals surface area contributed by atoms with Crippen molar-refractivity contribution < 1.29 is 19.4 Å². The first-order valence-corrected chi connectivity index (χ1v) is 13.1. The highest BCUT2D eigenvalue weighted by molar-refractivity contribution is 8.01. The number of nitrogens with zero attached hydrogens (tertiary/aromatic N) is 2. The minimum Gasteiger partial charge on any atom is -0.457 e. The number of hydrogen-bond acceptors (Lipinski definition) is 7. The van der Waals surface area contributed by atoms with Gasteiger partial charge in [-0.25, -0.2) is 9.78 Å². The van der Waals surface area contributed by atoms with Crippen LogP contribution in [0, 0.1) is 6.92 Å². The fourth-order valence-electron chi connectivity index (χ4n) is 5.14. The number of anilines is 2. The number of amides is 3. The standard InChI is InChI=1S/C27H27N5O4S/c1-15-11-19(36-18-5-3-2-4-6-18)7-8-20(15)32-21-9-10-29-26-22(21)23(31-27(32)35)24(37-26)25(34)30-16-12-17(33)14-28-13-16/h2-11,16-17,23-24,28,33H,12-14H2,1H3,(H,30,34)(H,31,35)/t16-,17+,23?,24?/m1/s1. The molecule has 4 N–H and O–H groups in total. The number of β-amino-alcohol motifs (C(OH)–C–C–N with tert-alkyl or cyclic N) is 1. The highest BCUT2D eigenvalue weighted by Crippen LogP contribution is 2.51. The molecule has 0 saturated carbocycles. The van der Waals surface area contributed by atoms with Crippen LogP contribution in [0.15, 0.2) is 65.8 Å². The number of urea groups is 1. The van der Waals surface area contributed by atoms with Crippen LogP contribution in [0.5, 0.6) is 11.5 Å². The van der Waals surface area contributed by atoms with Crippen LogP contribution in [0.2, 0.25) is 0 Å². The third kappa shape index (κ3) is 4.52. The molecule has 3 aromatic rings. The Balaban J connectivity index is 1.26. The molecule has 0 spiro atoms. The summed E-state index contributed by atoms with van der Waals surface area (Å²) >= 11 is 1.36. The first-order chi connectivity index (χ1) is 18.0. The maximum absolute atomic E-state index is 13.5. The van der Waals surface area contributed by atoms with E-state index >= 15 is 0 Å². The molecule has 2 unspecified atom stereocenters. The van der Waals surface area contributed by atoms with E-state index in [1.807, 2.05) is 61.5 Å². The number of pyridine rings is 1. The summed E-state index contributed by atoms with van der Waals surface area (Å²) in [4.78, 5) is 32.9. The van der Waals surface area contributed by atoms with Crippen molar-refractivity contribution in [3.05, 3.63) is 71.9 Å². The molecule has 0 radical (unpaired) electrons. The van der Waals surface area contributed by atoms with E-state index in [1.54, 1.807) is 11.1 Å². The number of nitrogens with one attached hydrogen (secondary N) is 3. The molecule has 3 aliphatic heterocycles. The molecule has 1 saturated heterocycles. The van der Waals surface area contributed by atoms with Crippen molar-refractivity contribution in [1.82, 2.24) is 20.9 Å². The van der Waals surface area contributed by atoms with Crippen LogP contribution in [0.4, 0.5) is 16.2 Å². The molecule has 0 bridgehead atoms. The Labute approximate surface area is 218 Å². The number of hydrogen-bond donors (Lipinski definition) is 4. The van der Waals surface area contributed by atoms with E-state index in [1.165, 1.54) is 11.8 Å². The molecule has 1 aromatic heterocycles. The van der Waals surface area contributed by atoms with Crippen LogP contribution in [-0.2, 0) is 4.79 Å². The quantitative estimate of drug-likeness (QED) is 0.410. The summed E-state index contributed by atoms with van der Waals surface area (Å²) in [6, 6.07) is 16.0. The largest absolute Gasteiger partial charge is 0.457 e. The molecule has 37 heavy (non-hydrogen) atoms. The van der Waals surface area contributed by atoms with Crippen LogP contribution >= 0.6 is 11.8 Å². The Bertz CT molecular complexity index is 1350. The Hall–Kier alpha value is -3.60. The highest BCUT2D eigenvalue weighted by Gasteiger charge is 2.47. The fourth-order valence-corrected chi connectivity index (χ4v) is 6.38. The first-order valence-electron chi connectivity index (χ1n) is 12.3. The van der Waals surface area contributed by atoms with E-state index in [4.69, 9.17) is 4.74 Å². The zero-order valence-corrected chi connectivity index (χ0v) is 21.0. The average Bonchev–Trinajstić information content (AvgIpc) is 3.25. The van der Waals surface area contributed by atoms with E-state index in [-0.39, 0.29) is 18.0 Å². The topological polar surface area (TPSA) is 116 Å². The zero-order chi connectivity index (χ0) is 25.5. The molecular formula is C27H27N5O4S. The maximum atomic E-state index is 13.5. The van der Waals surface area contributed by atoms with Gasteiger partial charge in [0.1, 0.15) is 21.8 Å². The first kappa shape index (κ1) is 23.8. The molecular weight excluding hydrogens is 490 g/mol. The number of rotatable bonds is 5. The molecule has 3 aliphatic rings. The van der Waals surface area contributed by atoms with Crippen LogP contribution < -0.4 is 25.6 Å². The van der Waals surface area contributed by atoms with E-state index in [2.05, 4.69) is 20.9 Å². The highest BCUT2D eigenvalue weighted by atomic mass is 32.2. The molecule has 3 amide bonds. The van der Waals surface area contributed by atoms with Crippen molar-refractivity contribution in [3.8, 4) is 11.5 Å². The van der Waals surface area contributed by atoms with Gasteiger partial charge in [-0.2, -0.15) is 0 Å². The maximum Gasteiger partial charge on any atom is 0.327 e. The molecule has 0 aliphatic carbocycles. The van der Waals surface area contributed by atoms with Gasteiger partial charge in [0, 0.05) is 30.9 Å². The minimum absolute atomic E-state index is 0.164. The normalized spacial score (nSPS) is 24.3. The third-order valence-electron chi connectivity index (χ3n) is 6.83. The van der Waals surface area contributed by atoms with E-state index < -0.39 is 17.4 Å². The lowest BCUT2D eigenvalue weighted by Crippen LogP contribution is -2.54. The number of aliphatic hydroxyl groups excluding tert-OH is 1. The number of ether oxygens (including phenoxy) is 1. The SMILES string of the molecule is Cc1cc(Oc2ccccc2)ccc1N1C(=O)NC2c3c1ccnc3SC2C(=O)N[C@H]1CNC[C@@H](O)C1. The number of aryl methyl sites for hydroxylation is 1. The molecule has 190 valence electrons. The van der Waals surface area contributed by atoms with Crippen LogP contribution in [0.1, 0.15) is 23.6 Å². The Morgan fingerprint density at radius 3 is 2.76 bits per heavy atom. The van der Waals surface area contributed by atoms with Crippen molar-refractivity contribution in [1.29, 1.82) is 0 Å². The van der Waals surface area contributed by atoms with Gasteiger partial charge in [0.2, 0.25) is 5.91 Å². The molecule has 4 heterocycles. The lowest BCUT2D eigenvalue weighted by molar-refractivity contribution is -0.122.